The molecule has 0 fully saturated rings. The molecule has 0 heterocycles. The van der Waals surface area contributed by atoms with Crippen molar-refractivity contribution in [1.29, 1.82) is 0 Å². The van der Waals surface area contributed by atoms with Gasteiger partial charge in [-0.2, -0.15) is 13.2 Å². The average molecular weight is 294 g/mol. The predicted octanol–water partition coefficient (Wildman–Crippen LogP) is 4.76. The Labute approximate surface area is 122 Å². The summed E-state index contributed by atoms with van der Waals surface area (Å²) in [7, 11) is 0. The number of hydrogen-bond acceptors (Lipinski definition) is 1. The average Bonchev–Trinajstić information content (AvgIpc) is 2.46. The fourth-order valence-electron chi connectivity index (χ4n) is 2.37. The van der Waals surface area contributed by atoms with Crippen LogP contribution in [0.15, 0.2) is 54.6 Å². The van der Waals surface area contributed by atoms with Gasteiger partial charge in [-0.1, -0.05) is 68.4 Å². The Hall–Kier alpha value is -1.81. The van der Waals surface area contributed by atoms with Gasteiger partial charge in [0.05, 0.1) is 0 Å². The highest BCUT2D eigenvalue weighted by molar-refractivity contribution is 5.63. The molecule has 2 rings (SSSR count). The molecule has 0 saturated heterocycles. The zero-order chi connectivity index (χ0) is 15.7. The Bertz CT molecular complexity index is 588. The third kappa shape index (κ3) is 2.81. The normalized spacial score (nSPS) is 15.0. The van der Waals surface area contributed by atoms with Crippen molar-refractivity contribution in [3.05, 3.63) is 60.2 Å². The Morgan fingerprint density at radius 1 is 0.810 bits per heavy atom. The molecule has 4 heteroatoms. The van der Waals surface area contributed by atoms with E-state index >= 15 is 0 Å². The number of halogens is 3. The van der Waals surface area contributed by atoms with Crippen molar-refractivity contribution >= 4 is 0 Å². The first-order valence-electron chi connectivity index (χ1n) is 6.72. The van der Waals surface area contributed by atoms with E-state index in [1.54, 1.807) is 12.1 Å². The van der Waals surface area contributed by atoms with Gasteiger partial charge in [-0.15, -0.1) is 0 Å². The third-order valence-corrected chi connectivity index (χ3v) is 3.70. The van der Waals surface area contributed by atoms with Crippen LogP contribution in [0.3, 0.4) is 0 Å². The second-order valence-corrected chi connectivity index (χ2v) is 5.36. The van der Waals surface area contributed by atoms with Gasteiger partial charge in [0, 0.05) is 0 Å². The molecule has 2 aromatic carbocycles. The first-order chi connectivity index (χ1) is 9.76. The summed E-state index contributed by atoms with van der Waals surface area (Å²) in [5.41, 5.74) is -1.23. The molecule has 0 aliphatic rings. The number of rotatable bonds is 3. The molecular formula is C17H17F3O. The Balaban J connectivity index is 2.42. The summed E-state index contributed by atoms with van der Waals surface area (Å²) in [6.07, 6.45) is -4.71. The molecule has 1 N–H and O–H groups in total. The summed E-state index contributed by atoms with van der Waals surface area (Å²) in [5, 5.41) is 10.1. The van der Waals surface area contributed by atoms with Crippen LogP contribution in [-0.2, 0) is 5.60 Å². The number of hydrogen-bond donors (Lipinski definition) is 1. The summed E-state index contributed by atoms with van der Waals surface area (Å²) in [6.45, 7) is 2.72. The third-order valence-electron chi connectivity index (χ3n) is 3.70. The predicted molar refractivity (Wildman–Crippen MR) is 76.7 cm³/mol. The SMILES string of the molecule is CC(C)C(O)(c1ccc(-c2ccccc2)cc1)C(F)(F)F. The van der Waals surface area contributed by atoms with Crippen LogP contribution in [0.5, 0.6) is 0 Å². The van der Waals surface area contributed by atoms with E-state index in [1.807, 2.05) is 30.3 Å². The van der Waals surface area contributed by atoms with Gasteiger partial charge in [-0.25, -0.2) is 0 Å². The highest BCUT2D eigenvalue weighted by Gasteiger charge is 2.56. The molecule has 0 aliphatic carbocycles. The maximum atomic E-state index is 13.2. The van der Waals surface area contributed by atoms with Gasteiger partial charge in [0.15, 0.2) is 5.60 Å². The van der Waals surface area contributed by atoms with Crippen molar-refractivity contribution in [2.45, 2.75) is 25.6 Å². The minimum absolute atomic E-state index is 0.135. The first kappa shape index (κ1) is 15.6. The van der Waals surface area contributed by atoms with E-state index < -0.39 is 17.7 Å². The fourth-order valence-corrected chi connectivity index (χ4v) is 2.37. The lowest BCUT2D eigenvalue weighted by Gasteiger charge is -2.34. The fraction of sp³-hybridized carbons (Fsp3) is 0.294. The maximum Gasteiger partial charge on any atom is 0.421 e. The van der Waals surface area contributed by atoms with Crippen molar-refractivity contribution in [3.63, 3.8) is 0 Å². The summed E-state index contributed by atoms with van der Waals surface area (Å²) in [5.74, 6) is -0.972. The number of aliphatic hydroxyl groups is 1. The molecule has 21 heavy (non-hydrogen) atoms. The van der Waals surface area contributed by atoms with Gasteiger partial charge in [0.2, 0.25) is 0 Å². The molecule has 0 saturated carbocycles. The molecule has 0 radical (unpaired) electrons. The lowest BCUT2D eigenvalue weighted by atomic mass is 9.82. The number of benzene rings is 2. The van der Waals surface area contributed by atoms with E-state index in [2.05, 4.69) is 0 Å². The monoisotopic (exact) mass is 294 g/mol. The maximum absolute atomic E-state index is 13.2. The first-order valence-corrected chi connectivity index (χ1v) is 6.72. The van der Waals surface area contributed by atoms with Crippen LogP contribution in [0, 0.1) is 5.92 Å². The highest BCUT2D eigenvalue weighted by Crippen LogP contribution is 2.44. The van der Waals surface area contributed by atoms with Gasteiger partial charge >= 0.3 is 6.18 Å². The second-order valence-electron chi connectivity index (χ2n) is 5.36. The van der Waals surface area contributed by atoms with Gasteiger partial charge in [0.1, 0.15) is 0 Å². The van der Waals surface area contributed by atoms with Gasteiger partial charge in [0.25, 0.3) is 0 Å². The summed E-state index contributed by atoms with van der Waals surface area (Å²) in [4.78, 5) is 0. The summed E-state index contributed by atoms with van der Waals surface area (Å²) >= 11 is 0. The lowest BCUT2D eigenvalue weighted by Crippen LogP contribution is -2.46. The van der Waals surface area contributed by atoms with Crippen molar-refractivity contribution in [2.24, 2.45) is 5.92 Å². The Kier molecular flexibility index (Phi) is 4.10. The molecule has 0 aliphatic heterocycles. The molecule has 0 spiro atoms. The molecule has 1 unspecified atom stereocenters. The van der Waals surface area contributed by atoms with Crippen molar-refractivity contribution < 1.29 is 18.3 Å². The van der Waals surface area contributed by atoms with Gasteiger partial charge < -0.3 is 5.11 Å². The molecule has 2 aromatic rings. The minimum atomic E-state index is -4.71. The second kappa shape index (κ2) is 5.53. The van der Waals surface area contributed by atoms with E-state index in [4.69, 9.17) is 0 Å². The van der Waals surface area contributed by atoms with Crippen molar-refractivity contribution in [1.82, 2.24) is 0 Å². The van der Waals surface area contributed by atoms with E-state index in [1.165, 1.54) is 26.0 Å². The van der Waals surface area contributed by atoms with E-state index in [0.29, 0.717) is 0 Å². The minimum Gasteiger partial charge on any atom is -0.376 e. The van der Waals surface area contributed by atoms with E-state index in [9.17, 15) is 18.3 Å². The molecule has 0 amide bonds. The lowest BCUT2D eigenvalue weighted by molar-refractivity contribution is -0.283. The van der Waals surface area contributed by atoms with Crippen LogP contribution in [0.1, 0.15) is 19.4 Å². The van der Waals surface area contributed by atoms with Crippen LogP contribution in [-0.4, -0.2) is 11.3 Å². The van der Waals surface area contributed by atoms with Crippen molar-refractivity contribution in [3.8, 4) is 11.1 Å². The zero-order valence-electron chi connectivity index (χ0n) is 11.9. The van der Waals surface area contributed by atoms with E-state index in [0.717, 1.165) is 11.1 Å². The highest BCUT2D eigenvalue weighted by atomic mass is 19.4. The molecular weight excluding hydrogens is 277 g/mol. The molecule has 112 valence electrons. The smallest absolute Gasteiger partial charge is 0.376 e. The molecule has 1 nitrogen and oxygen atoms in total. The van der Waals surface area contributed by atoms with Crippen LogP contribution in [0.4, 0.5) is 13.2 Å². The van der Waals surface area contributed by atoms with E-state index in [-0.39, 0.29) is 5.56 Å². The topological polar surface area (TPSA) is 20.2 Å². The number of alkyl halides is 3. The van der Waals surface area contributed by atoms with Crippen LogP contribution < -0.4 is 0 Å². The van der Waals surface area contributed by atoms with Crippen molar-refractivity contribution in [2.75, 3.05) is 0 Å². The van der Waals surface area contributed by atoms with Crippen LogP contribution in [0.2, 0.25) is 0 Å². The quantitative estimate of drug-likeness (QED) is 0.865. The van der Waals surface area contributed by atoms with Gasteiger partial charge in [-0.05, 0) is 22.6 Å². The Morgan fingerprint density at radius 3 is 1.71 bits per heavy atom. The van der Waals surface area contributed by atoms with Crippen LogP contribution >= 0.6 is 0 Å². The Morgan fingerprint density at radius 2 is 1.29 bits per heavy atom. The molecule has 0 bridgehead atoms. The molecule has 1 atom stereocenters. The standard InChI is InChI=1S/C17H17F3O/c1-12(2)16(21,17(18,19)20)15-10-8-14(9-11-15)13-6-4-3-5-7-13/h3-12,21H,1-2H3. The van der Waals surface area contributed by atoms with Gasteiger partial charge in [-0.3, -0.25) is 0 Å². The summed E-state index contributed by atoms with van der Waals surface area (Å²) in [6, 6.07) is 15.3. The summed E-state index contributed by atoms with van der Waals surface area (Å²) < 4.78 is 39.6. The molecule has 0 aromatic heterocycles. The largest absolute Gasteiger partial charge is 0.421 e. The zero-order valence-corrected chi connectivity index (χ0v) is 11.9. The van der Waals surface area contributed by atoms with Crippen LogP contribution in [0.25, 0.3) is 11.1 Å².